The van der Waals surface area contributed by atoms with E-state index in [9.17, 15) is 10.2 Å². The number of rotatable bonds is 10. The van der Waals surface area contributed by atoms with Crippen molar-refractivity contribution in [1.82, 2.24) is 0 Å². The van der Waals surface area contributed by atoms with Gasteiger partial charge in [-0.25, -0.2) is 0 Å². The lowest BCUT2D eigenvalue weighted by atomic mass is 9.89. The molecule has 0 aromatic heterocycles. The molecule has 0 fully saturated rings. The second kappa shape index (κ2) is 12.4. The number of phenolic OH excluding ortho intramolecular Hbond substituents is 2. The Bertz CT molecular complexity index is 783. The standard InChI is InChI=1S/C27H40O2/c1-19(2)10-8-12-21(5)14-15-24(16-22(6)13-9-11-20(3)4)26-18-25(28)17-23(7)27(26)29/h10-11,14,16-18,24,28-29H,8-9,12-13,15H2,1-7H3/b21-14+,22-16+. The van der Waals surface area contributed by atoms with Crippen molar-refractivity contribution in [3.8, 4) is 11.5 Å². The third-order valence-electron chi connectivity index (χ3n) is 5.10. The summed E-state index contributed by atoms with van der Waals surface area (Å²) in [6, 6.07) is 3.32. The monoisotopic (exact) mass is 396 g/mol. The molecule has 160 valence electrons. The first kappa shape index (κ1) is 24.8. The summed E-state index contributed by atoms with van der Waals surface area (Å²) >= 11 is 0. The predicted octanol–water partition coefficient (Wildman–Crippen LogP) is 8.27. The Morgan fingerprint density at radius 3 is 1.93 bits per heavy atom. The van der Waals surface area contributed by atoms with Crippen LogP contribution in [-0.4, -0.2) is 10.2 Å². The average Bonchev–Trinajstić information content (AvgIpc) is 2.61. The zero-order valence-corrected chi connectivity index (χ0v) is 19.5. The van der Waals surface area contributed by atoms with Crippen molar-refractivity contribution in [3.05, 3.63) is 69.9 Å². The minimum Gasteiger partial charge on any atom is -0.508 e. The summed E-state index contributed by atoms with van der Waals surface area (Å²) in [7, 11) is 0. The topological polar surface area (TPSA) is 40.5 Å². The summed E-state index contributed by atoms with van der Waals surface area (Å²) in [4.78, 5) is 0. The van der Waals surface area contributed by atoms with Gasteiger partial charge >= 0.3 is 0 Å². The lowest BCUT2D eigenvalue weighted by Gasteiger charge is -2.17. The van der Waals surface area contributed by atoms with Gasteiger partial charge in [0.15, 0.2) is 0 Å². The lowest BCUT2D eigenvalue weighted by Crippen LogP contribution is -1.98. The summed E-state index contributed by atoms with van der Waals surface area (Å²) in [6.45, 7) is 14.7. The van der Waals surface area contributed by atoms with Crippen LogP contribution in [0.3, 0.4) is 0 Å². The molecule has 0 spiro atoms. The molecule has 1 atom stereocenters. The highest BCUT2D eigenvalue weighted by molar-refractivity contribution is 5.48. The fourth-order valence-electron chi connectivity index (χ4n) is 3.39. The van der Waals surface area contributed by atoms with E-state index >= 15 is 0 Å². The predicted molar refractivity (Wildman–Crippen MR) is 127 cm³/mol. The Morgan fingerprint density at radius 2 is 1.38 bits per heavy atom. The fourth-order valence-corrected chi connectivity index (χ4v) is 3.39. The highest BCUT2D eigenvalue weighted by Gasteiger charge is 2.16. The molecule has 1 aromatic carbocycles. The third kappa shape index (κ3) is 9.69. The molecule has 2 heteroatoms. The normalized spacial score (nSPS) is 13.2. The van der Waals surface area contributed by atoms with E-state index in [1.54, 1.807) is 12.1 Å². The van der Waals surface area contributed by atoms with Gasteiger partial charge in [0, 0.05) is 11.5 Å². The van der Waals surface area contributed by atoms with E-state index in [1.807, 2.05) is 6.92 Å². The molecule has 0 heterocycles. The number of allylic oxidation sites excluding steroid dienone is 8. The summed E-state index contributed by atoms with van der Waals surface area (Å²) in [6.07, 6.45) is 14.0. The van der Waals surface area contributed by atoms with Gasteiger partial charge in [0.2, 0.25) is 0 Å². The zero-order chi connectivity index (χ0) is 22.0. The fraction of sp³-hybridized carbons (Fsp3) is 0.481. The summed E-state index contributed by atoms with van der Waals surface area (Å²) in [5, 5.41) is 20.7. The molecular weight excluding hydrogens is 356 g/mol. The number of hydrogen-bond donors (Lipinski definition) is 2. The van der Waals surface area contributed by atoms with Crippen molar-refractivity contribution in [2.45, 2.75) is 86.5 Å². The first-order valence-corrected chi connectivity index (χ1v) is 10.7. The summed E-state index contributed by atoms with van der Waals surface area (Å²) in [5.74, 6) is 0.544. The highest BCUT2D eigenvalue weighted by Crippen LogP contribution is 2.36. The molecule has 0 aliphatic rings. The molecule has 1 unspecified atom stereocenters. The number of aryl methyl sites for hydroxylation is 1. The Kier molecular flexibility index (Phi) is 10.6. The molecule has 29 heavy (non-hydrogen) atoms. The van der Waals surface area contributed by atoms with Gasteiger partial charge in [0.25, 0.3) is 0 Å². The largest absolute Gasteiger partial charge is 0.508 e. The van der Waals surface area contributed by atoms with Crippen molar-refractivity contribution in [1.29, 1.82) is 0 Å². The number of benzene rings is 1. The van der Waals surface area contributed by atoms with Gasteiger partial charge in [-0.1, -0.05) is 46.6 Å². The van der Waals surface area contributed by atoms with Gasteiger partial charge in [-0.2, -0.15) is 0 Å². The van der Waals surface area contributed by atoms with E-state index in [-0.39, 0.29) is 17.4 Å². The SMILES string of the molecule is CC(C)=CCC/C(C)=C/CC(/C=C(\C)CCC=C(C)C)c1cc(O)cc(C)c1O. The molecule has 1 aromatic rings. The maximum Gasteiger partial charge on any atom is 0.122 e. The minimum atomic E-state index is 0.0471. The minimum absolute atomic E-state index is 0.0471. The van der Waals surface area contributed by atoms with E-state index in [0.717, 1.165) is 37.7 Å². The van der Waals surface area contributed by atoms with Crippen LogP contribution in [0.25, 0.3) is 0 Å². The van der Waals surface area contributed by atoms with Gasteiger partial charge in [-0.3, -0.25) is 0 Å². The number of hydrogen-bond acceptors (Lipinski definition) is 2. The lowest BCUT2D eigenvalue weighted by molar-refractivity contribution is 0.448. The Morgan fingerprint density at radius 1 is 0.828 bits per heavy atom. The van der Waals surface area contributed by atoms with E-state index < -0.39 is 0 Å². The van der Waals surface area contributed by atoms with Crippen molar-refractivity contribution < 1.29 is 10.2 Å². The highest BCUT2D eigenvalue weighted by atomic mass is 16.3. The van der Waals surface area contributed by atoms with E-state index in [0.29, 0.717) is 5.56 Å². The molecule has 2 N–H and O–H groups in total. The molecular formula is C27H40O2. The van der Waals surface area contributed by atoms with Crippen molar-refractivity contribution in [2.24, 2.45) is 0 Å². The van der Waals surface area contributed by atoms with E-state index in [4.69, 9.17) is 0 Å². The van der Waals surface area contributed by atoms with Crippen molar-refractivity contribution in [3.63, 3.8) is 0 Å². The molecule has 0 saturated carbocycles. The van der Waals surface area contributed by atoms with Gasteiger partial charge in [-0.05, 0) is 98.3 Å². The number of phenols is 2. The quantitative estimate of drug-likeness (QED) is 0.308. The maximum atomic E-state index is 10.6. The van der Waals surface area contributed by atoms with Crippen LogP contribution in [0.15, 0.2) is 58.7 Å². The number of aromatic hydroxyl groups is 2. The molecule has 0 saturated heterocycles. The summed E-state index contributed by atoms with van der Waals surface area (Å²) < 4.78 is 0. The van der Waals surface area contributed by atoms with Gasteiger partial charge < -0.3 is 10.2 Å². The smallest absolute Gasteiger partial charge is 0.122 e. The Balaban J connectivity index is 3.09. The molecule has 1 rings (SSSR count). The summed E-state index contributed by atoms with van der Waals surface area (Å²) in [5.41, 5.74) is 6.88. The van der Waals surface area contributed by atoms with Gasteiger partial charge in [0.05, 0.1) is 0 Å². The van der Waals surface area contributed by atoms with Crippen molar-refractivity contribution in [2.75, 3.05) is 0 Å². The van der Waals surface area contributed by atoms with Crippen LogP contribution in [0.2, 0.25) is 0 Å². The van der Waals surface area contributed by atoms with Crippen LogP contribution in [0.4, 0.5) is 0 Å². The second-order valence-electron chi connectivity index (χ2n) is 8.75. The zero-order valence-electron chi connectivity index (χ0n) is 19.5. The Labute approximate surface area is 178 Å². The van der Waals surface area contributed by atoms with Crippen LogP contribution in [0.1, 0.15) is 90.7 Å². The first-order chi connectivity index (χ1) is 13.6. The van der Waals surface area contributed by atoms with Gasteiger partial charge in [-0.15, -0.1) is 0 Å². The second-order valence-corrected chi connectivity index (χ2v) is 8.75. The average molecular weight is 397 g/mol. The molecule has 0 aliphatic heterocycles. The molecule has 2 nitrogen and oxygen atoms in total. The first-order valence-electron chi connectivity index (χ1n) is 10.7. The van der Waals surface area contributed by atoms with E-state index in [2.05, 4.69) is 65.8 Å². The molecule has 0 amide bonds. The molecule has 0 radical (unpaired) electrons. The van der Waals surface area contributed by atoms with Crippen LogP contribution in [0, 0.1) is 6.92 Å². The maximum absolute atomic E-state index is 10.6. The molecule has 0 bridgehead atoms. The van der Waals surface area contributed by atoms with E-state index in [1.165, 1.54) is 22.3 Å². The third-order valence-corrected chi connectivity index (χ3v) is 5.10. The van der Waals surface area contributed by atoms with Crippen LogP contribution in [0.5, 0.6) is 11.5 Å². The van der Waals surface area contributed by atoms with Crippen molar-refractivity contribution >= 4 is 0 Å². The van der Waals surface area contributed by atoms with Crippen LogP contribution >= 0.6 is 0 Å². The van der Waals surface area contributed by atoms with Crippen LogP contribution < -0.4 is 0 Å². The van der Waals surface area contributed by atoms with Gasteiger partial charge in [0.1, 0.15) is 11.5 Å². The molecule has 0 aliphatic carbocycles. The Hall–Kier alpha value is -2.22. The van der Waals surface area contributed by atoms with Crippen LogP contribution in [-0.2, 0) is 0 Å².